The summed E-state index contributed by atoms with van der Waals surface area (Å²) in [5.74, 6) is 0.0115. The molecule has 0 aliphatic heterocycles. The van der Waals surface area contributed by atoms with Crippen molar-refractivity contribution in [2.24, 2.45) is 7.05 Å². The van der Waals surface area contributed by atoms with E-state index in [-0.39, 0.29) is 17.9 Å². The Balaban J connectivity index is 2.13. The molecule has 0 unspecified atom stereocenters. The number of aryl methyl sites for hydroxylation is 3. The second-order valence-electron chi connectivity index (χ2n) is 6.26. The number of likely N-dealkylation sites (N-methyl/N-ethyl adjacent to an activating group) is 1. The molecule has 1 amide bonds. The predicted octanol–water partition coefficient (Wildman–Crippen LogP) is 2.18. The van der Waals surface area contributed by atoms with E-state index in [1.807, 2.05) is 46.2 Å². The number of hydrogen-bond acceptors (Lipinski definition) is 5. The lowest BCUT2D eigenvalue weighted by atomic mass is 10.1. The van der Waals surface area contributed by atoms with Crippen molar-refractivity contribution in [2.75, 3.05) is 13.1 Å². The summed E-state index contributed by atoms with van der Waals surface area (Å²) in [7, 11) is 1.84. The minimum Gasteiger partial charge on any atom is -0.343 e. The Hall–Kier alpha value is -2.48. The molecule has 3 aromatic rings. The summed E-state index contributed by atoms with van der Waals surface area (Å²) in [4.78, 5) is 32.6. The molecule has 0 bridgehead atoms. The van der Waals surface area contributed by atoms with E-state index in [0.717, 1.165) is 5.69 Å². The van der Waals surface area contributed by atoms with Crippen LogP contribution in [0, 0.1) is 13.8 Å². The number of amides is 1. The van der Waals surface area contributed by atoms with Gasteiger partial charge in [0.2, 0.25) is 5.91 Å². The van der Waals surface area contributed by atoms with Crippen LogP contribution >= 0.6 is 11.3 Å². The molecule has 0 aliphatic carbocycles. The van der Waals surface area contributed by atoms with Gasteiger partial charge in [-0.05, 0) is 33.8 Å². The fourth-order valence-electron chi connectivity index (χ4n) is 3.05. The molecule has 0 aromatic carbocycles. The normalized spacial score (nSPS) is 11.3. The molecule has 26 heavy (non-hydrogen) atoms. The average Bonchev–Trinajstić information content (AvgIpc) is 3.12. The zero-order valence-electron chi connectivity index (χ0n) is 15.7. The van der Waals surface area contributed by atoms with Crippen molar-refractivity contribution in [2.45, 2.75) is 34.1 Å². The van der Waals surface area contributed by atoms with Crippen molar-refractivity contribution in [1.29, 1.82) is 0 Å². The van der Waals surface area contributed by atoms with Gasteiger partial charge in [-0.15, -0.1) is 11.3 Å². The Morgan fingerprint density at radius 2 is 1.96 bits per heavy atom. The molecule has 0 saturated heterocycles. The predicted molar refractivity (Wildman–Crippen MR) is 103 cm³/mol. The summed E-state index contributed by atoms with van der Waals surface area (Å²) in [5, 5.41) is 6.28. The van der Waals surface area contributed by atoms with Gasteiger partial charge in [-0.3, -0.25) is 18.7 Å². The second kappa shape index (κ2) is 7.03. The topological polar surface area (TPSA) is 72.5 Å². The van der Waals surface area contributed by atoms with Crippen molar-refractivity contribution >= 4 is 22.2 Å². The molecule has 0 saturated carbocycles. The summed E-state index contributed by atoms with van der Waals surface area (Å²) in [6.07, 6.45) is 0.188. The van der Waals surface area contributed by atoms with Crippen LogP contribution in [-0.2, 0) is 18.3 Å². The molecule has 138 valence electrons. The van der Waals surface area contributed by atoms with E-state index in [1.165, 1.54) is 11.3 Å². The van der Waals surface area contributed by atoms with E-state index in [0.29, 0.717) is 40.7 Å². The lowest BCUT2D eigenvalue weighted by Crippen LogP contribution is -2.32. The lowest BCUT2D eigenvalue weighted by molar-refractivity contribution is -0.130. The maximum absolute atomic E-state index is 13.2. The summed E-state index contributed by atoms with van der Waals surface area (Å²) in [5.41, 5.74) is 3.22. The maximum Gasteiger partial charge on any atom is 0.268 e. The molecule has 7 nitrogen and oxygen atoms in total. The van der Waals surface area contributed by atoms with Gasteiger partial charge >= 0.3 is 0 Å². The molecule has 0 spiro atoms. The zero-order valence-corrected chi connectivity index (χ0v) is 16.6. The van der Waals surface area contributed by atoms with Gasteiger partial charge in [0, 0.05) is 36.9 Å². The third-order valence-corrected chi connectivity index (χ3v) is 5.51. The summed E-state index contributed by atoms with van der Waals surface area (Å²) < 4.78 is 3.29. The van der Waals surface area contributed by atoms with Crippen molar-refractivity contribution < 1.29 is 4.79 Å². The Morgan fingerprint density at radius 1 is 1.27 bits per heavy atom. The number of nitrogens with zero attached hydrogens (tertiary/aromatic N) is 5. The van der Waals surface area contributed by atoms with Gasteiger partial charge in [0.25, 0.3) is 5.56 Å². The number of carbonyl (C=O) groups is 1. The highest BCUT2D eigenvalue weighted by Crippen LogP contribution is 2.21. The number of rotatable bonds is 5. The van der Waals surface area contributed by atoms with Crippen LogP contribution in [-0.4, -0.2) is 43.1 Å². The lowest BCUT2D eigenvalue weighted by Gasteiger charge is -2.18. The van der Waals surface area contributed by atoms with Crippen molar-refractivity contribution in [3.63, 3.8) is 0 Å². The van der Waals surface area contributed by atoms with Gasteiger partial charge in [-0.1, -0.05) is 0 Å². The zero-order chi connectivity index (χ0) is 19.0. The maximum atomic E-state index is 13.2. The van der Waals surface area contributed by atoms with Gasteiger partial charge in [-0.2, -0.15) is 5.10 Å². The highest BCUT2D eigenvalue weighted by Gasteiger charge is 2.20. The van der Waals surface area contributed by atoms with Crippen LogP contribution in [0.4, 0.5) is 0 Å². The van der Waals surface area contributed by atoms with Gasteiger partial charge in [-0.25, -0.2) is 4.98 Å². The van der Waals surface area contributed by atoms with E-state index in [2.05, 4.69) is 10.1 Å². The number of carbonyl (C=O) groups excluding carboxylic acids is 1. The van der Waals surface area contributed by atoms with Crippen LogP contribution in [0.1, 0.15) is 30.9 Å². The first kappa shape index (κ1) is 18.3. The van der Waals surface area contributed by atoms with E-state index < -0.39 is 0 Å². The monoisotopic (exact) mass is 373 g/mol. The van der Waals surface area contributed by atoms with E-state index >= 15 is 0 Å². The summed E-state index contributed by atoms with van der Waals surface area (Å²) in [6.45, 7) is 8.97. The average molecular weight is 373 g/mol. The quantitative estimate of drug-likeness (QED) is 0.687. The Labute approximate surface area is 155 Å². The SMILES string of the molecule is CCN(CC)C(=O)Cc1csc2nc(C)c(-c3cc(C)n(C)n3)c(=O)n12. The molecule has 3 heterocycles. The molecule has 3 rings (SSSR count). The summed E-state index contributed by atoms with van der Waals surface area (Å²) in [6, 6.07) is 1.88. The standard InChI is InChI=1S/C18H23N5O2S/c1-6-22(7-2)15(24)9-13-10-26-18-19-12(4)16(17(25)23(13)18)14-8-11(3)21(5)20-14/h8,10H,6-7,9H2,1-5H3. The molecule has 8 heteroatoms. The van der Waals surface area contributed by atoms with Crippen LogP contribution in [0.5, 0.6) is 0 Å². The first-order chi connectivity index (χ1) is 12.4. The third-order valence-electron chi connectivity index (χ3n) is 4.64. The Morgan fingerprint density at radius 3 is 2.54 bits per heavy atom. The van der Waals surface area contributed by atoms with Gasteiger partial charge in [0.05, 0.1) is 23.4 Å². The van der Waals surface area contributed by atoms with E-state index in [1.54, 1.807) is 14.0 Å². The van der Waals surface area contributed by atoms with Gasteiger partial charge in [0.15, 0.2) is 4.96 Å². The first-order valence-corrected chi connectivity index (χ1v) is 9.53. The molecule has 3 aromatic heterocycles. The summed E-state index contributed by atoms with van der Waals surface area (Å²) >= 11 is 1.38. The fourth-order valence-corrected chi connectivity index (χ4v) is 3.98. The molecule has 0 atom stereocenters. The van der Waals surface area contributed by atoms with E-state index in [4.69, 9.17) is 0 Å². The van der Waals surface area contributed by atoms with Crippen LogP contribution in [0.3, 0.4) is 0 Å². The third kappa shape index (κ3) is 3.05. The largest absolute Gasteiger partial charge is 0.343 e. The number of hydrogen-bond donors (Lipinski definition) is 0. The molecule has 0 fully saturated rings. The molecular formula is C18H23N5O2S. The minimum absolute atomic E-state index is 0.0115. The first-order valence-electron chi connectivity index (χ1n) is 8.65. The Bertz CT molecular complexity index is 1010. The number of thiazole rings is 1. The highest BCUT2D eigenvalue weighted by atomic mass is 32.1. The van der Waals surface area contributed by atoms with Crippen molar-refractivity contribution in [3.05, 3.63) is 38.9 Å². The second-order valence-corrected chi connectivity index (χ2v) is 7.10. The highest BCUT2D eigenvalue weighted by molar-refractivity contribution is 7.15. The van der Waals surface area contributed by atoms with E-state index in [9.17, 15) is 9.59 Å². The van der Waals surface area contributed by atoms with Crippen LogP contribution in [0.15, 0.2) is 16.2 Å². The van der Waals surface area contributed by atoms with Gasteiger partial charge < -0.3 is 4.90 Å². The molecule has 0 radical (unpaired) electrons. The smallest absolute Gasteiger partial charge is 0.268 e. The van der Waals surface area contributed by atoms with Crippen LogP contribution in [0.2, 0.25) is 0 Å². The number of fused-ring (bicyclic) bond motifs is 1. The number of aromatic nitrogens is 4. The molecule has 0 N–H and O–H groups in total. The Kier molecular flexibility index (Phi) is 4.95. The van der Waals surface area contributed by atoms with Crippen LogP contribution < -0.4 is 5.56 Å². The minimum atomic E-state index is -0.172. The van der Waals surface area contributed by atoms with Crippen LogP contribution in [0.25, 0.3) is 16.2 Å². The van der Waals surface area contributed by atoms with Crippen molar-refractivity contribution in [1.82, 2.24) is 24.1 Å². The van der Waals surface area contributed by atoms with Crippen molar-refractivity contribution in [3.8, 4) is 11.3 Å². The fraction of sp³-hybridized carbons (Fsp3) is 0.444. The molecule has 0 aliphatic rings. The molecular weight excluding hydrogens is 350 g/mol. The van der Waals surface area contributed by atoms with Gasteiger partial charge in [0.1, 0.15) is 0 Å².